The Hall–Kier alpha value is -3.41. The Labute approximate surface area is 162 Å². The molecule has 0 aliphatic heterocycles. The van der Waals surface area contributed by atoms with Crippen LogP contribution >= 0.6 is 0 Å². The molecule has 28 heavy (non-hydrogen) atoms. The molecule has 0 fully saturated rings. The Kier molecular flexibility index (Phi) is 5.89. The zero-order valence-corrected chi connectivity index (χ0v) is 15.9. The zero-order chi connectivity index (χ0) is 20.1. The summed E-state index contributed by atoms with van der Waals surface area (Å²) < 4.78 is 6.53. The fourth-order valence-electron chi connectivity index (χ4n) is 2.98. The molecule has 1 N–H and O–H groups in total. The van der Waals surface area contributed by atoms with Crippen LogP contribution in [0.2, 0.25) is 0 Å². The molecule has 0 atom stereocenters. The first-order valence-corrected chi connectivity index (χ1v) is 9.16. The van der Waals surface area contributed by atoms with E-state index in [1.165, 1.54) is 10.6 Å². The Morgan fingerprint density at radius 2 is 1.79 bits per heavy atom. The number of nitrogens with zero attached hydrogens (tertiary/aromatic N) is 1. The van der Waals surface area contributed by atoms with Gasteiger partial charge in [0.1, 0.15) is 6.54 Å². The van der Waals surface area contributed by atoms with Gasteiger partial charge in [-0.3, -0.25) is 14.2 Å². The van der Waals surface area contributed by atoms with E-state index in [4.69, 9.17) is 4.74 Å². The van der Waals surface area contributed by atoms with E-state index in [1.807, 2.05) is 38.1 Å². The minimum absolute atomic E-state index is 0.0973. The van der Waals surface area contributed by atoms with Crippen molar-refractivity contribution in [2.45, 2.75) is 26.8 Å². The van der Waals surface area contributed by atoms with Gasteiger partial charge in [0.25, 0.3) is 5.56 Å². The standard InChI is InChI=1S/C22H22N2O4/c1-3-12-28-22(27)16-8-10-17(11-9-16)23-20(25)14-24-19-7-5-4-6-18(19)15(2)13-21(24)26/h4-11,13H,3,12,14H2,1-2H3,(H,23,25). The van der Waals surface area contributed by atoms with Crippen molar-refractivity contribution in [3.63, 3.8) is 0 Å². The van der Waals surface area contributed by atoms with Crippen molar-refractivity contribution in [1.29, 1.82) is 0 Å². The lowest BCUT2D eigenvalue weighted by Crippen LogP contribution is -2.27. The molecule has 3 rings (SSSR count). The smallest absolute Gasteiger partial charge is 0.338 e. The Balaban J connectivity index is 1.74. The van der Waals surface area contributed by atoms with Gasteiger partial charge in [0, 0.05) is 17.1 Å². The first kappa shape index (κ1) is 19.4. The molecule has 6 nitrogen and oxygen atoms in total. The number of ether oxygens (including phenoxy) is 1. The quantitative estimate of drug-likeness (QED) is 0.666. The van der Waals surface area contributed by atoms with E-state index in [0.717, 1.165) is 22.9 Å². The number of carbonyl (C=O) groups is 2. The number of hydrogen-bond acceptors (Lipinski definition) is 4. The van der Waals surface area contributed by atoms with Gasteiger partial charge in [0.2, 0.25) is 5.91 Å². The number of carbonyl (C=O) groups excluding carboxylic acids is 2. The Morgan fingerprint density at radius 3 is 2.50 bits per heavy atom. The van der Waals surface area contributed by atoms with Crippen LogP contribution in [0.5, 0.6) is 0 Å². The van der Waals surface area contributed by atoms with Crippen LogP contribution in [-0.4, -0.2) is 23.1 Å². The fraction of sp³-hybridized carbons (Fsp3) is 0.227. The van der Waals surface area contributed by atoms with E-state index in [1.54, 1.807) is 24.3 Å². The van der Waals surface area contributed by atoms with Crippen LogP contribution in [0.3, 0.4) is 0 Å². The van der Waals surface area contributed by atoms with Crippen LogP contribution < -0.4 is 10.9 Å². The van der Waals surface area contributed by atoms with Crippen LogP contribution in [0.15, 0.2) is 59.4 Å². The first-order chi connectivity index (χ1) is 13.5. The van der Waals surface area contributed by atoms with E-state index in [2.05, 4.69) is 5.32 Å². The van der Waals surface area contributed by atoms with E-state index < -0.39 is 5.97 Å². The molecule has 1 aromatic heterocycles. The molecular formula is C22H22N2O4. The van der Waals surface area contributed by atoms with Crippen molar-refractivity contribution >= 4 is 28.5 Å². The molecule has 0 unspecified atom stereocenters. The number of fused-ring (bicyclic) bond motifs is 1. The molecule has 0 aliphatic rings. The van der Waals surface area contributed by atoms with Gasteiger partial charge in [0.15, 0.2) is 0 Å². The van der Waals surface area contributed by atoms with E-state index >= 15 is 0 Å². The van der Waals surface area contributed by atoms with Crippen molar-refractivity contribution in [3.05, 3.63) is 76.1 Å². The minimum atomic E-state index is -0.391. The molecule has 0 bridgehead atoms. The Bertz CT molecular complexity index is 1070. The van der Waals surface area contributed by atoms with Gasteiger partial charge in [-0.1, -0.05) is 25.1 Å². The molecule has 0 spiro atoms. The summed E-state index contributed by atoms with van der Waals surface area (Å²) in [5, 5.41) is 3.69. The normalized spacial score (nSPS) is 10.6. The molecule has 0 saturated heterocycles. The number of rotatable bonds is 6. The number of benzene rings is 2. The van der Waals surface area contributed by atoms with Gasteiger partial charge in [-0.25, -0.2) is 4.79 Å². The third-order valence-corrected chi connectivity index (χ3v) is 4.37. The van der Waals surface area contributed by atoms with Gasteiger partial charge < -0.3 is 10.1 Å². The molecule has 2 aromatic carbocycles. The molecule has 0 saturated carbocycles. The SMILES string of the molecule is CCCOC(=O)c1ccc(NC(=O)Cn2c(=O)cc(C)c3ccccc32)cc1. The summed E-state index contributed by atoms with van der Waals surface area (Å²) >= 11 is 0. The summed E-state index contributed by atoms with van der Waals surface area (Å²) in [4.78, 5) is 36.7. The molecule has 6 heteroatoms. The topological polar surface area (TPSA) is 77.4 Å². The summed E-state index contributed by atoms with van der Waals surface area (Å²) in [7, 11) is 0. The largest absolute Gasteiger partial charge is 0.462 e. The number of para-hydroxylation sites is 1. The number of pyridine rings is 1. The van der Waals surface area contributed by atoms with Gasteiger partial charge in [-0.15, -0.1) is 0 Å². The second-order valence-corrected chi connectivity index (χ2v) is 6.53. The summed E-state index contributed by atoms with van der Waals surface area (Å²) in [6.45, 7) is 4.08. The number of nitrogens with one attached hydrogen (secondary N) is 1. The van der Waals surface area contributed by atoms with E-state index in [-0.39, 0.29) is 18.0 Å². The average Bonchev–Trinajstić information content (AvgIpc) is 2.70. The molecule has 1 heterocycles. The van der Waals surface area contributed by atoms with Crippen molar-refractivity contribution < 1.29 is 14.3 Å². The maximum Gasteiger partial charge on any atom is 0.338 e. The molecular weight excluding hydrogens is 356 g/mol. The number of aromatic nitrogens is 1. The third-order valence-electron chi connectivity index (χ3n) is 4.37. The van der Waals surface area contributed by atoms with Crippen LogP contribution in [0, 0.1) is 6.92 Å². The Morgan fingerprint density at radius 1 is 1.07 bits per heavy atom. The van der Waals surface area contributed by atoms with Gasteiger partial charge in [0.05, 0.1) is 17.7 Å². The number of esters is 1. The monoisotopic (exact) mass is 378 g/mol. The lowest BCUT2D eigenvalue weighted by molar-refractivity contribution is -0.116. The fourth-order valence-corrected chi connectivity index (χ4v) is 2.98. The minimum Gasteiger partial charge on any atom is -0.462 e. The summed E-state index contributed by atoms with van der Waals surface area (Å²) in [5.41, 5.74) is 2.34. The molecule has 144 valence electrons. The maximum absolute atomic E-state index is 12.5. The second-order valence-electron chi connectivity index (χ2n) is 6.53. The number of amides is 1. The number of anilines is 1. The first-order valence-electron chi connectivity index (χ1n) is 9.16. The molecule has 1 amide bonds. The lowest BCUT2D eigenvalue weighted by Gasteiger charge is -2.12. The second kappa shape index (κ2) is 8.52. The number of hydrogen-bond donors (Lipinski definition) is 1. The van der Waals surface area contributed by atoms with Crippen LogP contribution in [0.1, 0.15) is 29.3 Å². The van der Waals surface area contributed by atoms with E-state index in [9.17, 15) is 14.4 Å². The summed E-state index contributed by atoms with van der Waals surface area (Å²) in [5.74, 6) is -0.713. The van der Waals surface area contributed by atoms with Crippen LogP contribution in [-0.2, 0) is 16.1 Å². The van der Waals surface area contributed by atoms with Crippen LogP contribution in [0.25, 0.3) is 10.9 Å². The molecule has 3 aromatic rings. The van der Waals surface area contributed by atoms with Gasteiger partial charge in [-0.05, 0) is 49.2 Å². The number of aryl methyl sites for hydroxylation is 1. The molecule has 0 radical (unpaired) electrons. The van der Waals surface area contributed by atoms with Crippen molar-refractivity contribution in [1.82, 2.24) is 4.57 Å². The van der Waals surface area contributed by atoms with Gasteiger partial charge in [-0.2, -0.15) is 0 Å². The van der Waals surface area contributed by atoms with Gasteiger partial charge >= 0.3 is 5.97 Å². The van der Waals surface area contributed by atoms with E-state index in [0.29, 0.717) is 17.9 Å². The van der Waals surface area contributed by atoms with Crippen LogP contribution in [0.4, 0.5) is 5.69 Å². The lowest BCUT2D eigenvalue weighted by atomic mass is 10.1. The predicted octanol–water partition coefficient (Wildman–Crippen LogP) is 3.52. The highest BCUT2D eigenvalue weighted by Crippen LogP contribution is 2.16. The van der Waals surface area contributed by atoms with Crippen molar-refractivity contribution in [2.24, 2.45) is 0 Å². The predicted molar refractivity (Wildman–Crippen MR) is 109 cm³/mol. The molecule has 0 aliphatic carbocycles. The third kappa shape index (κ3) is 4.28. The van der Waals surface area contributed by atoms with Crippen molar-refractivity contribution in [2.75, 3.05) is 11.9 Å². The maximum atomic E-state index is 12.5. The highest BCUT2D eigenvalue weighted by molar-refractivity contribution is 5.93. The highest BCUT2D eigenvalue weighted by Gasteiger charge is 2.11. The summed E-state index contributed by atoms with van der Waals surface area (Å²) in [6, 6.07) is 15.5. The zero-order valence-electron chi connectivity index (χ0n) is 15.9. The van der Waals surface area contributed by atoms with Crippen molar-refractivity contribution in [3.8, 4) is 0 Å². The summed E-state index contributed by atoms with van der Waals surface area (Å²) in [6.07, 6.45) is 0.757. The average molecular weight is 378 g/mol. The highest BCUT2D eigenvalue weighted by atomic mass is 16.5.